The summed E-state index contributed by atoms with van der Waals surface area (Å²) in [7, 11) is 0. The Kier molecular flexibility index (Phi) is 5.10. The van der Waals surface area contributed by atoms with Gasteiger partial charge in [0.05, 0.1) is 24.4 Å². The molecule has 2 amide bonds. The summed E-state index contributed by atoms with van der Waals surface area (Å²) in [5.41, 5.74) is 4.18. The van der Waals surface area contributed by atoms with Crippen molar-refractivity contribution in [3.8, 4) is 16.9 Å². The van der Waals surface area contributed by atoms with Crippen molar-refractivity contribution in [2.45, 2.75) is 32.2 Å². The summed E-state index contributed by atoms with van der Waals surface area (Å²) >= 11 is 0. The van der Waals surface area contributed by atoms with Crippen LogP contribution in [0.15, 0.2) is 42.6 Å². The van der Waals surface area contributed by atoms with Gasteiger partial charge in [0, 0.05) is 43.3 Å². The molecule has 2 N–H and O–H groups in total. The van der Waals surface area contributed by atoms with Gasteiger partial charge in [-0.25, -0.2) is 0 Å². The standard InChI is InChI=1S/C24H26N4O3/c1-15(29)28-10-7-16(8-11-28)24(30)26-21-9-12-31-23-6-5-17(13-19(21)23)18-3-2-4-22-20(18)14-25-27-22/h2-6,13-14,16,21H,7-12H2,1H3,(H,25,27)(H,26,30). The molecule has 2 aromatic carbocycles. The number of ether oxygens (including phenoxy) is 1. The number of hydrogen-bond acceptors (Lipinski definition) is 4. The Bertz CT molecular complexity index is 1130. The van der Waals surface area contributed by atoms with Crippen molar-refractivity contribution in [2.24, 2.45) is 5.92 Å². The van der Waals surface area contributed by atoms with E-state index in [1.165, 1.54) is 0 Å². The van der Waals surface area contributed by atoms with E-state index in [1.807, 2.05) is 29.3 Å². The summed E-state index contributed by atoms with van der Waals surface area (Å²) < 4.78 is 5.87. The minimum Gasteiger partial charge on any atom is -0.493 e. The fourth-order valence-corrected chi connectivity index (χ4v) is 4.68. The summed E-state index contributed by atoms with van der Waals surface area (Å²) in [6.07, 6.45) is 4.01. The summed E-state index contributed by atoms with van der Waals surface area (Å²) in [6, 6.07) is 12.2. The minimum atomic E-state index is -0.0782. The predicted molar refractivity (Wildman–Crippen MR) is 118 cm³/mol. The number of nitrogens with one attached hydrogen (secondary N) is 2. The molecule has 7 nitrogen and oxygen atoms in total. The lowest BCUT2D eigenvalue weighted by Crippen LogP contribution is -2.43. The molecule has 1 fully saturated rings. The van der Waals surface area contributed by atoms with Crippen molar-refractivity contribution >= 4 is 22.7 Å². The predicted octanol–water partition coefficient (Wildman–Crippen LogP) is 3.43. The third kappa shape index (κ3) is 3.76. The number of H-pyrrole nitrogens is 1. The fourth-order valence-electron chi connectivity index (χ4n) is 4.68. The highest BCUT2D eigenvalue weighted by atomic mass is 16.5. The van der Waals surface area contributed by atoms with Gasteiger partial charge in [-0.2, -0.15) is 5.10 Å². The van der Waals surface area contributed by atoms with Crippen molar-refractivity contribution in [2.75, 3.05) is 19.7 Å². The molecule has 3 aromatic rings. The molecule has 0 radical (unpaired) electrons. The van der Waals surface area contributed by atoms with E-state index in [0.29, 0.717) is 32.5 Å². The monoisotopic (exact) mass is 418 g/mol. The average Bonchev–Trinajstić information content (AvgIpc) is 3.28. The van der Waals surface area contributed by atoms with Gasteiger partial charge in [0.25, 0.3) is 0 Å². The van der Waals surface area contributed by atoms with Crippen LogP contribution in [0.1, 0.15) is 37.8 Å². The first-order valence-electron chi connectivity index (χ1n) is 10.9. The fraction of sp³-hybridized carbons (Fsp3) is 0.375. The highest BCUT2D eigenvalue weighted by molar-refractivity contribution is 5.94. The molecule has 0 bridgehead atoms. The second kappa shape index (κ2) is 8.06. The molecular weight excluding hydrogens is 392 g/mol. The van der Waals surface area contributed by atoms with Crippen molar-refractivity contribution in [3.05, 3.63) is 48.2 Å². The Morgan fingerprint density at radius 1 is 1.16 bits per heavy atom. The van der Waals surface area contributed by atoms with Crippen LogP contribution in [-0.4, -0.2) is 46.6 Å². The molecule has 2 aliphatic rings. The van der Waals surface area contributed by atoms with E-state index < -0.39 is 0 Å². The molecular formula is C24H26N4O3. The van der Waals surface area contributed by atoms with Gasteiger partial charge in [-0.15, -0.1) is 0 Å². The first-order chi connectivity index (χ1) is 15.1. The van der Waals surface area contributed by atoms with Crippen molar-refractivity contribution < 1.29 is 14.3 Å². The molecule has 7 heteroatoms. The lowest BCUT2D eigenvalue weighted by molar-refractivity contribution is -0.134. The van der Waals surface area contributed by atoms with Crippen LogP contribution < -0.4 is 10.1 Å². The number of nitrogens with zero attached hydrogens (tertiary/aromatic N) is 2. The lowest BCUT2D eigenvalue weighted by atomic mass is 9.92. The molecule has 160 valence electrons. The Hall–Kier alpha value is -3.35. The molecule has 1 atom stereocenters. The van der Waals surface area contributed by atoms with Crippen molar-refractivity contribution in [1.82, 2.24) is 20.4 Å². The highest BCUT2D eigenvalue weighted by Crippen LogP contribution is 2.37. The van der Waals surface area contributed by atoms with Gasteiger partial charge in [0.15, 0.2) is 0 Å². The van der Waals surface area contributed by atoms with Crippen molar-refractivity contribution in [1.29, 1.82) is 0 Å². The zero-order chi connectivity index (χ0) is 21.4. The Labute approximate surface area is 180 Å². The highest BCUT2D eigenvalue weighted by Gasteiger charge is 2.30. The largest absolute Gasteiger partial charge is 0.493 e. The van der Waals surface area contributed by atoms with Crippen LogP contribution in [0.3, 0.4) is 0 Å². The average molecular weight is 418 g/mol. The normalized spacial score (nSPS) is 19.0. The van der Waals surface area contributed by atoms with Gasteiger partial charge in [0.2, 0.25) is 11.8 Å². The molecule has 31 heavy (non-hydrogen) atoms. The molecule has 0 aliphatic carbocycles. The van der Waals surface area contributed by atoms with Gasteiger partial charge in [-0.1, -0.05) is 18.2 Å². The number of aromatic amines is 1. The number of amides is 2. The van der Waals surface area contributed by atoms with Gasteiger partial charge in [0.1, 0.15) is 5.75 Å². The molecule has 5 rings (SSSR count). The van der Waals surface area contributed by atoms with E-state index in [4.69, 9.17) is 4.74 Å². The summed E-state index contributed by atoms with van der Waals surface area (Å²) in [5, 5.41) is 11.5. The van der Waals surface area contributed by atoms with Gasteiger partial charge in [-0.3, -0.25) is 14.7 Å². The SMILES string of the molecule is CC(=O)N1CCC(C(=O)NC2CCOc3ccc(-c4cccc5[nH]ncc45)cc32)CC1. The quantitative estimate of drug-likeness (QED) is 0.682. The molecule has 2 aliphatic heterocycles. The second-order valence-corrected chi connectivity index (χ2v) is 8.37. The molecule has 3 heterocycles. The van der Waals surface area contributed by atoms with Crippen LogP contribution in [-0.2, 0) is 9.59 Å². The van der Waals surface area contributed by atoms with Crippen LogP contribution in [0.5, 0.6) is 5.75 Å². The second-order valence-electron chi connectivity index (χ2n) is 8.37. The van der Waals surface area contributed by atoms with Crippen molar-refractivity contribution in [3.63, 3.8) is 0 Å². The third-order valence-corrected chi connectivity index (χ3v) is 6.47. The zero-order valence-corrected chi connectivity index (χ0v) is 17.6. The van der Waals surface area contributed by atoms with Gasteiger partial charge in [-0.05, 0) is 42.2 Å². The van der Waals surface area contributed by atoms with Crippen LogP contribution in [0.25, 0.3) is 22.0 Å². The zero-order valence-electron chi connectivity index (χ0n) is 17.6. The van der Waals surface area contributed by atoms with Crippen LogP contribution in [0.4, 0.5) is 0 Å². The molecule has 0 spiro atoms. The molecule has 0 saturated carbocycles. The number of likely N-dealkylation sites (tertiary alicyclic amines) is 1. The maximum Gasteiger partial charge on any atom is 0.223 e. The number of carbonyl (C=O) groups is 2. The number of piperidine rings is 1. The molecule has 1 unspecified atom stereocenters. The Morgan fingerprint density at radius 3 is 2.81 bits per heavy atom. The van der Waals surface area contributed by atoms with Gasteiger partial charge >= 0.3 is 0 Å². The minimum absolute atomic E-state index is 0.0512. The Balaban J connectivity index is 1.37. The summed E-state index contributed by atoms with van der Waals surface area (Å²) in [5.74, 6) is 0.927. The lowest BCUT2D eigenvalue weighted by Gasteiger charge is -2.33. The van der Waals surface area contributed by atoms with Crippen LogP contribution >= 0.6 is 0 Å². The van der Waals surface area contributed by atoms with E-state index in [9.17, 15) is 9.59 Å². The number of rotatable bonds is 3. The molecule has 1 aromatic heterocycles. The number of carbonyl (C=O) groups excluding carboxylic acids is 2. The topological polar surface area (TPSA) is 87.3 Å². The summed E-state index contributed by atoms with van der Waals surface area (Å²) in [6.45, 7) is 3.46. The molecule has 1 saturated heterocycles. The smallest absolute Gasteiger partial charge is 0.223 e. The van der Waals surface area contributed by atoms with Gasteiger partial charge < -0.3 is 15.0 Å². The maximum absolute atomic E-state index is 13.0. The van der Waals surface area contributed by atoms with E-state index in [1.54, 1.807) is 6.92 Å². The number of benzene rings is 2. The third-order valence-electron chi connectivity index (χ3n) is 6.47. The van der Waals surface area contributed by atoms with Crippen LogP contribution in [0.2, 0.25) is 0 Å². The maximum atomic E-state index is 13.0. The van der Waals surface area contributed by atoms with E-state index in [-0.39, 0.29) is 23.8 Å². The van der Waals surface area contributed by atoms with Crippen LogP contribution in [0, 0.1) is 5.92 Å². The first-order valence-corrected chi connectivity index (χ1v) is 10.9. The number of fused-ring (bicyclic) bond motifs is 2. The van der Waals surface area contributed by atoms with E-state index in [2.05, 4.69) is 33.7 Å². The summed E-state index contributed by atoms with van der Waals surface area (Å²) in [4.78, 5) is 26.3. The van der Waals surface area contributed by atoms with E-state index in [0.717, 1.165) is 39.8 Å². The first kappa shape index (κ1) is 19.6. The van der Waals surface area contributed by atoms with E-state index >= 15 is 0 Å². The number of hydrogen-bond donors (Lipinski definition) is 2. The Morgan fingerprint density at radius 2 is 2.00 bits per heavy atom. The number of aromatic nitrogens is 2.